The molecule has 4 nitrogen and oxygen atoms in total. The zero-order chi connectivity index (χ0) is 22.5. The lowest BCUT2D eigenvalue weighted by molar-refractivity contribution is -0.137. The minimum atomic E-state index is -4.31. The first kappa shape index (κ1) is 23.4. The van der Waals surface area contributed by atoms with Gasteiger partial charge in [-0.2, -0.15) is 13.2 Å². The van der Waals surface area contributed by atoms with Crippen LogP contribution in [0.5, 0.6) is 5.75 Å². The van der Waals surface area contributed by atoms with Gasteiger partial charge in [-0.25, -0.2) is 0 Å². The van der Waals surface area contributed by atoms with Gasteiger partial charge in [0.15, 0.2) is 0 Å². The number of nitrogens with zero attached hydrogens (tertiary/aromatic N) is 1. The fourth-order valence-electron chi connectivity index (χ4n) is 3.80. The molecule has 0 spiro atoms. The van der Waals surface area contributed by atoms with Gasteiger partial charge < -0.3 is 15.2 Å². The van der Waals surface area contributed by atoms with Crippen LogP contribution in [-0.2, 0) is 12.7 Å². The van der Waals surface area contributed by atoms with Crippen LogP contribution in [0, 0.1) is 0 Å². The third kappa shape index (κ3) is 7.14. The number of anilines is 1. The molecule has 0 amide bonds. The van der Waals surface area contributed by atoms with Crippen LogP contribution in [0.4, 0.5) is 18.9 Å². The van der Waals surface area contributed by atoms with Gasteiger partial charge in [-0.3, -0.25) is 4.90 Å². The Hall–Kier alpha value is -2.25. The Morgan fingerprint density at radius 2 is 1.65 bits per heavy atom. The smallest absolute Gasteiger partial charge is 0.416 e. The molecule has 2 aromatic rings. The van der Waals surface area contributed by atoms with E-state index in [0.29, 0.717) is 32.4 Å². The van der Waals surface area contributed by atoms with Gasteiger partial charge in [-0.05, 0) is 75.1 Å². The minimum absolute atomic E-state index is 0.137. The molecule has 3 rings (SSSR count). The lowest BCUT2D eigenvalue weighted by Crippen LogP contribution is -2.44. The number of hydrogen-bond acceptors (Lipinski definition) is 4. The Balaban J connectivity index is 1.41. The van der Waals surface area contributed by atoms with E-state index in [1.807, 2.05) is 38.1 Å². The molecule has 1 fully saturated rings. The quantitative estimate of drug-likeness (QED) is 0.588. The van der Waals surface area contributed by atoms with Crippen LogP contribution in [0.2, 0.25) is 0 Å². The summed E-state index contributed by atoms with van der Waals surface area (Å²) < 4.78 is 43.7. The average molecular weight is 437 g/mol. The zero-order valence-electron chi connectivity index (χ0n) is 18.1. The number of alkyl halides is 3. The van der Waals surface area contributed by atoms with Crippen molar-refractivity contribution in [3.63, 3.8) is 0 Å². The largest absolute Gasteiger partial charge is 0.491 e. The lowest BCUT2D eigenvalue weighted by atomic mass is 9.88. The summed E-state index contributed by atoms with van der Waals surface area (Å²) in [5.74, 6) is 0.833. The van der Waals surface area contributed by atoms with Crippen LogP contribution in [-0.4, -0.2) is 41.3 Å². The van der Waals surface area contributed by atoms with Gasteiger partial charge in [0.25, 0.3) is 0 Å². The number of likely N-dealkylation sites (tertiary alicyclic amines) is 1. The summed E-state index contributed by atoms with van der Waals surface area (Å²) in [4.78, 5) is 2.18. The number of nitrogens with one attached hydrogen (secondary N) is 1. The maximum absolute atomic E-state index is 12.7. The van der Waals surface area contributed by atoms with Crippen molar-refractivity contribution in [1.82, 2.24) is 4.90 Å². The molecule has 0 saturated carbocycles. The first-order chi connectivity index (χ1) is 14.6. The van der Waals surface area contributed by atoms with Gasteiger partial charge in [0.2, 0.25) is 0 Å². The lowest BCUT2D eigenvalue weighted by Gasteiger charge is -2.38. The number of hydrogen-bond donors (Lipinski definition) is 2. The maximum atomic E-state index is 12.7. The number of ether oxygens (including phenoxy) is 1. The standard InChI is InChI=1S/C24H31F3N2O2/c1-18(2)31-22-9-7-21(8-10-22)28-14-11-23(30)12-15-29(16-13-23)17-19-3-5-20(6-4-19)24(25,26)27/h3-10,18,28,30H,11-17H2,1-2H3. The van der Waals surface area contributed by atoms with E-state index in [-0.39, 0.29) is 6.10 Å². The number of benzene rings is 2. The Bertz CT molecular complexity index is 812. The van der Waals surface area contributed by atoms with E-state index in [0.717, 1.165) is 42.2 Å². The third-order valence-electron chi connectivity index (χ3n) is 5.62. The second kappa shape index (κ2) is 9.92. The van der Waals surface area contributed by atoms with Gasteiger partial charge >= 0.3 is 6.18 Å². The van der Waals surface area contributed by atoms with E-state index >= 15 is 0 Å². The van der Waals surface area contributed by atoms with Crippen molar-refractivity contribution in [2.45, 2.75) is 57.5 Å². The summed E-state index contributed by atoms with van der Waals surface area (Å²) in [5.41, 5.74) is 0.493. The third-order valence-corrected chi connectivity index (χ3v) is 5.62. The van der Waals surface area contributed by atoms with Crippen LogP contribution >= 0.6 is 0 Å². The van der Waals surface area contributed by atoms with E-state index < -0.39 is 17.3 Å². The first-order valence-corrected chi connectivity index (χ1v) is 10.7. The molecule has 2 aromatic carbocycles. The maximum Gasteiger partial charge on any atom is 0.416 e. The van der Waals surface area contributed by atoms with Crippen molar-refractivity contribution < 1.29 is 23.0 Å². The summed E-state index contributed by atoms with van der Waals surface area (Å²) in [6.07, 6.45) is -2.23. The van der Waals surface area contributed by atoms with Crippen LogP contribution in [0.25, 0.3) is 0 Å². The van der Waals surface area contributed by atoms with Crippen molar-refractivity contribution in [2.75, 3.05) is 25.0 Å². The Morgan fingerprint density at radius 1 is 1.03 bits per heavy atom. The highest BCUT2D eigenvalue weighted by molar-refractivity contribution is 5.46. The van der Waals surface area contributed by atoms with Crippen molar-refractivity contribution in [2.24, 2.45) is 0 Å². The van der Waals surface area contributed by atoms with Crippen LogP contribution < -0.4 is 10.1 Å². The molecule has 1 aliphatic heterocycles. The molecule has 1 saturated heterocycles. The highest BCUT2D eigenvalue weighted by atomic mass is 19.4. The predicted octanol–water partition coefficient (Wildman–Crippen LogP) is 5.32. The van der Waals surface area contributed by atoms with Gasteiger partial charge in [-0.15, -0.1) is 0 Å². The van der Waals surface area contributed by atoms with Gasteiger partial charge in [-0.1, -0.05) is 12.1 Å². The second-order valence-electron chi connectivity index (χ2n) is 8.56. The molecule has 0 bridgehead atoms. The Morgan fingerprint density at radius 3 is 2.19 bits per heavy atom. The Kier molecular flexibility index (Phi) is 7.49. The number of piperidine rings is 1. The molecular formula is C24H31F3N2O2. The average Bonchev–Trinajstić information content (AvgIpc) is 2.71. The molecule has 0 atom stereocenters. The number of aliphatic hydroxyl groups is 1. The molecule has 7 heteroatoms. The van der Waals surface area contributed by atoms with Gasteiger partial charge in [0.05, 0.1) is 17.3 Å². The molecule has 0 aliphatic carbocycles. The first-order valence-electron chi connectivity index (χ1n) is 10.7. The number of halogens is 3. The summed E-state index contributed by atoms with van der Waals surface area (Å²) in [7, 11) is 0. The highest BCUT2D eigenvalue weighted by Gasteiger charge is 2.32. The summed E-state index contributed by atoms with van der Waals surface area (Å²) >= 11 is 0. The monoisotopic (exact) mass is 436 g/mol. The van der Waals surface area contributed by atoms with Gasteiger partial charge in [0.1, 0.15) is 5.75 Å². The second-order valence-corrected chi connectivity index (χ2v) is 8.56. The minimum Gasteiger partial charge on any atom is -0.491 e. The van der Waals surface area contributed by atoms with E-state index in [9.17, 15) is 18.3 Å². The van der Waals surface area contributed by atoms with Crippen molar-refractivity contribution in [1.29, 1.82) is 0 Å². The zero-order valence-corrected chi connectivity index (χ0v) is 18.1. The Labute approximate surface area is 182 Å². The van der Waals surface area contributed by atoms with Gasteiger partial charge in [0, 0.05) is 31.9 Å². The molecular weight excluding hydrogens is 405 g/mol. The number of rotatable bonds is 8. The van der Waals surface area contributed by atoms with Crippen molar-refractivity contribution in [3.8, 4) is 5.75 Å². The van der Waals surface area contributed by atoms with Crippen LogP contribution in [0.1, 0.15) is 44.2 Å². The molecule has 1 aliphatic rings. The fourth-order valence-corrected chi connectivity index (χ4v) is 3.80. The van der Waals surface area contributed by atoms with Crippen molar-refractivity contribution >= 4 is 5.69 Å². The summed E-state index contributed by atoms with van der Waals surface area (Å²) in [6.45, 7) is 6.68. The van der Waals surface area contributed by atoms with Crippen LogP contribution in [0.15, 0.2) is 48.5 Å². The molecule has 31 heavy (non-hydrogen) atoms. The van der Waals surface area contributed by atoms with E-state index in [4.69, 9.17) is 4.74 Å². The molecule has 0 radical (unpaired) electrons. The van der Waals surface area contributed by atoms with E-state index in [1.165, 1.54) is 12.1 Å². The predicted molar refractivity (Wildman–Crippen MR) is 116 cm³/mol. The molecule has 170 valence electrons. The van der Waals surface area contributed by atoms with E-state index in [2.05, 4.69) is 10.2 Å². The SMILES string of the molecule is CC(C)Oc1ccc(NCCC2(O)CCN(Cc3ccc(C(F)(F)F)cc3)CC2)cc1. The van der Waals surface area contributed by atoms with E-state index in [1.54, 1.807) is 0 Å². The van der Waals surface area contributed by atoms with Crippen LogP contribution in [0.3, 0.4) is 0 Å². The summed E-state index contributed by atoms with van der Waals surface area (Å²) in [5, 5.41) is 14.2. The normalized spacial score (nSPS) is 17.0. The molecule has 0 aromatic heterocycles. The molecule has 0 unspecified atom stereocenters. The van der Waals surface area contributed by atoms with Crippen molar-refractivity contribution in [3.05, 3.63) is 59.7 Å². The summed E-state index contributed by atoms with van der Waals surface area (Å²) in [6, 6.07) is 13.1. The highest BCUT2D eigenvalue weighted by Crippen LogP contribution is 2.30. The molecule has 1 heterocycles. The fraction of sp³-hybridized carbons (Fsp3) is 0.500. The topological polar surface area (TPSA) is 44.7 Å². The molecule has 2 N–H and O–H groups in total.